The van der Waals surface area contributed by atoms with E-state index >= 15 is 0 Å². The SMILES string of the molecule is Cc1cc(S(=O)(=O)NCCSCc2ccc(Cl)c(Cl)c2)ccc1F. The second-order valence-electron chi connectivity index (χ2n) is 5.11. The Kier molecular flexibility index (Phi) is 6.95. The van der Waals surface area contributed by atoms with Crippen molar-refractivity contribution < 1.29 is 12.8 Å². The molecule has 0 fully saturated rings. The maximum atomic E-state index is 13.2. The van der Waals surface area contributed by atoms with Crippen LogP contribution in [-0.2, 0) is 15.8 Å². The van der Waals surface area contributed by atoms with Crippen molar-refractivity contribution in [3.05, 3.63) is 63.4 Å². The molecule has 0 saturated carbocycles. The molecule has 1 N–H and O–H groups in total. The molecule has 2 aromatic carbocycles. The minimum atomic E-state index is -3.63. The Morgan fingerprint density at radius 2 is 1.88 bits per heavy atom. The van der Waals surface area contributed by atoms with Crippen LogP contribution in [0.25, 0.3) is 0 Å². The summed E-state index contributed by atoms with van der Waals surface area (Å²) in [5.74, 6) is 0.875. The smallest absolute Gasteiger partial charge is 0.210 e. The summed E-state index contributed by atoms with van der Waals surface area (Å²) in [6, 6.07) is 9.14. The fourth-order valence-corrected chi connectivity index (χ4v) is 4.31. The van der Waals surface area contributed by atoms with Crippen molar-refractivity contribution in [1.29, 1.82) is 0 Å². The molecule has 0 aromatic heterocycles. The molecule has 0 radical (unpaired) electrons. The van der Waals surface area contributed by atoms with E-state index in [1.165, 1.54) is 19.1 Å². The van der Waals surface area contributed by atoms with Crippen LogP contribution in [0.15, 0.2) is 41.3 Å². The molecule has 3 nitrogen and oxygen atoms in total. The van der Waals surface area contributed by atoms with Crippen LogP contribution in [-0.4, -0.2) is 20.7 Å². The van der Waals surface area contributed by atoms with Gasteiger partial charge in [0.2, 0.25) is 10.0 Å². The summed E-state index contributed by atoms with van der Waals surface area (Å²) in [4.78, 5) is 0.0656. The van der Waals surface area contributed by atoms with Crippen molar-refractivity contribution in [2.75, 3.05) is 12.3 Å². The number of thioether (sulfide) groups is 1. The molecule has 0 aliphatic rings. The summed E-state index contributed by atoms with van der Waals surface area (Å²) in [5.41, 5.74) is 1.32. The van der Waals surface area contributed by atoms with Crippen LogP contribution >= 0.6 is 35.0 Å². The Balaban J connectivity index is 1.82. The standard InChI is InChI=1S/C16H16Cl2FNO2S2/c1-11-8-13(3-5-16(11)19)24(21,22)20-6-7-23-10-12-2-4-14(17)15(18)9-12/h2-5,8-9,20H,6-7,10H2,1H3. The maximum absolute atomic E-state index is 13.2. The molecule has 24 heavy (non-hydrogen) atoms. The topological polar surface area (TPSA) is 46.2 Å². The molecule has 0 atom stereocenters. The van der Waals surface area contributed by atoms with Gasteiger partial charge < -0.3 is 0 Å². The van der Waals surface area contributed by atoms with Crippen LogP contribution < -0.4 is 4.72 Å². The van der Waals surface area contributed by atoms with Crippen LogP contribution in [0.3, 0.4) is 0 Å². The van der Waals surface area contributed by atoms with Gasteiger partial charge in [0.25, 0.3) is 0 Å². The van der Waals surface area contributed by atoms with Gasteiger partial charge in [0.1, 0.15) is 5.82 Å². The Morgan fingerprint density at radius 3 is 2.54 bits per heavy atom. The van der Waals surface area contributed by atoms with E-state index in [1.807, 2.05) is 6.07 Å². The van der Waals surface area contributed by atoms with E-state index in [0.717, 1.165) is 11.6 Å². The van der Waals surface area contributed by atoms with Gasteiger partial charge in [-0.15, -0.1) is 0 Å². The Morgan fingerprint density at radius 1 is 1.12 bits per heavy atom. The van der Waals surface area contributed by atoms with E-state index in [1.54, 1.807) is 23.9 Å². The van der Waals surface area contributed by atoms with Gasteiger partial charge in [0.15, 0.2) is 0 Å². The highest BCUT2D eigenvalue weighted by Gasteiger charge is 2.14. The average Bonchev–Trinajstić information content (AvgIpc) is 2.53. The molecule has 0 unspecified atom stereocenters. The van der Waals surface area contributed by atoms with E-state index in [9.17, 15) is 12.8 Å². The summed E-state index contributed by atoms with van der Waals surface area (Å²) in [6.07, 6.45) is 0. The first-order valence-corrected chi connectivity index (χ1v) is 10.5. The van der Waals surface area contributed by atoms with E-state index < -0.39 is 15.8 Å². The van der Waals surface area contributed by atoms with Crippen molar-refractivity contribution in [2.45, 2.75) is 17.6 Å². The predicted octanol–water partition coefficient (Wildman–Crippen LogP) is 4.65. The first kappa shape index (κ1) is 19.5. The zero-order chi connectivity index (χ0) is 17.7. The number of benzene rings is 2. The summed E-state index contributed by atoms with van der Waals surface area (Å²) in [5, 5.41) is 1.01. The lowest BCUT2D eigenvalue weighted by molar-refractivity contribution is 0.582. The fraction of sp³-hybridized carbons (Fsp3) is 0.250. The molecule has 0 heterocycles. The lowest BCUT2D eigenvalue weighted by Crippen LogP contribution is -2.26. The number of rotatable bonds is 7. The molecule has 2 rings (SSSR count). The van der Waals surface area contributed by atoms with Crippen molar-refractivity contribution >= 4 is 45.0 Å². The van der Waals surface area contributed by atoms with Gasteiger partial charge in [-0.05, 0) is 48.4 Å². The number of sulfonamides is 1. The molecule has 2 aromatic rings. The number of hydrogen-bond acceptors (Lipinski definition) is 3. The second-order valence-corrected chi connectivity index (χ2v) is 8.80. The molecular weight excluding hydrogens is 392 g/mol. The van der Waals surface area contributed by atoms with Gasteiger partial charge >= 0.3 is 0 Å². The molecular formula is C16H16Cl2FNO2S2. The van der Waals surface area contributed by atoms with E-state index in [4.69, 9.17) is 23.2 Å². The third-order valence-electron chi connectivity index (χ3n) is 3.23. The minimum Gasteiger partial charge on any atom is -0.210 e. The lowest BCUT2D eigenvalue weighted by atomic mass is 10.2. The first-order chi connectivity index (χ1) is 11.3. The van der Waals surface area contributed by atoms with Crippen molar-refractivity contribution in [3.8, 4) is 0 Å². The highest BCUT2D eigenvalue weighted by Crippen LogP contribution is 2.24. The number of aryl methyl sites for hydroxylation is 1. The highest BCUT2D eigenvalue weighted by atomic mass is 35.5. The van der Waals surface area contributed by atoms with Crippen LogP contribution in [0.1, 0.15) is 11.1 Å². The van der Waals surface area contributed by atoms with Gasteiger partial charge in [-0.2, -0.15) is 11.8 Å². The second kappa shape index (κ2) is 8.54. The zero-order valence-corrected chi connectivity index (χ0v) is 16.0. The first-order valence-electron chi connectivity index (χ1n) is 7.07. The van der Waals surface area contributed by atoms with Gasteiger partial charge in [0.05, 0.1) is 14.9 Å². The maximum Gasteiger partial charge on any atom is 0.240 e. The molecule has 0 aliphatic heterocycles. The summed E-state index contributed by atoms with van der Waals surface area (Å²) in [6.45, 7) is 1.81. The normalized spacial score (nSPS) is 11.7. The monoisotopic (exact) mass is 407 g/mol. The Hall–Kier alpha value is -0.790. The number of nitrogens with one attached hydrogen (secondary N) is 1. The Bertz CT molecular complexity index is 829. The fourth-order valence-electron chi connectivity index (χ4n) is 1.94. The quantitative estimate of drug-likeness (QED) is 0.679. The summed E-state index contributed by atoms with van der Waals surface area (Å²) < 4.78 is 40.0. The molecule has 0 saturated heterocycles. The molecule has 130 valence electrons. The Labute approximate surface area is 155 Å². The molecule has 0 bridgehead atoms. The molecule has 0 aliphatic carbocycles. The van der Waals surface area contributed by atoms with E-state index in [2.05, 4.69) is 4.72 Å². The largest absolute Gasteiger partial charge is 0.240 e. The predicted molar refractivity (Wildman–Crippen MR) is 98.9 cm³/mol. The average molecular weight is 408 g/mol. The molecule has 0 spiro atoms. The van der Waals surface area contributed by atoms with Gasteiger partial charge in [-0.3, -0.25) is 0 Å². The molecule has 8 heteroatoms. The minimum absolute atomic E-state index is 0.0656. The summed E-state index contributed by atoms with van der Waals surface area (Å²) >= 11 is 13.4. The summed E-state index contributed by atoms with van der Waals surface area (Å²) in [7, 11) is -3.63. The third kappa shape index (κ3) is 5.36. The van der Waals surface area contributed by atoms with E-state index in [0.29, 0.717) is 27.1 Å². The van der Waals surface area contributed by atoms with Gasteiger partial charge in [-0.1, -0.05) is 29.3 Å². The highest BCUT2D eigenvalue weighted by molar-refractivity contribution is 7.98. The lowest BCUT2D eigenvalue weighted by Gasteiger charge is -2.08. The van der Waals surface area contributed by atoms with Crippen molar-refractivity contribution in [1.82, 2.24) is 4.72 Å². The van der Waals surface area contributed by atoms with Crippen molar-refractivity contribution in [2.24, 2.45) is 0 Å². The molecule has 0 amide bonds. The third-order valence-corrected chi connectivity index (χ3v) is 6.46. The van der Waals surface area contributed by atoms with E-state index in [-0.39, 0.29) is 11.4 Å². The van der Waals surface area contributed by atoms with Gasteiger partial charge in [-0.25, -0.2) is 17.5 Å². The van der Waals surface area contributed by atoms with Crippen molar-refractivity contribution in [3.63, 3.8) is 0 Å². The van der Waals surface area contributed by atoms with Gasteiger partial charge in [0, 0.05) is 18.1 Å². The van der Waals surface area contributed by atoms with Crippen LogP contribution in [0.5, 0.6) is 0 Å². The van der Waals surface area contributed by atoms with Crippen LogP contribution in [0.2, 0.25) is 10.0 Å². The number of halogens is 3. The van der Waals surface area contributed by atoms with Crippen LogP contribution in [0.4, 0.5) is 4.39 Å². The number of hydrogen-bond donors (Lipinski definition) is 1. The van der Waals surface area contributed by atoms with Crippen LogP contribution in [0, 0.1) is 12.7 Å². The zero-order valence-electron chi connectivity index (χ0n) is 12.9.